The van der Waals surface area contributed by atoms with Gasteiger partial charge in [0.15, 0.2) is 0 Å². The van der Waals surface area contributed by atoms with Gasteiger partial charge in [-0.25, -0.2) is 4.79 Å². The topological polar surface area (TPSA) is 86.7 Å². The van der Waals surface area contributed by atoms with E-state index in [2.05, 4.69) is 5.32 Å². The number of carboxylic acid groups (broad SMARTS) is 1. The second-order valence-corrected chi connectivity index (χ2v) is 6.88. The van der Waals surface area contributed by atoms with Gasteiger partial charge in [-0.1, -0.05) is 13.8 Å². The van der Waals surface area contributed by atoms with Gasteiger partial charge in [-0.15, -0.1) is 11.3 Å². The van der Waals surface area contributed by atoms with Gasteiger partial charge < -0.3 is 15.3 Å². The van der Waals surface area contributed by atoms with E-state index in [0.29, 0.717) is 16.1 Å². The molecule has 0 saturated carbocycles. The van der Waals surface area contributed by atoms with Crippen molar-refractivity contribution in [3.63, 3.8) is 0 Å². The lowest BCUT2D eigenvalue weighted by Crippen LogP contribution is -2.32. The highest BCUT2D eigenvalue weighted by molar-refractivity contribution is 7.15. The largest absolute Gasteiger partial charge is 0.477 e. The zero-order chi connectivity index (χ0) is 19.1. The molecule has 138 valence electrons. The fourth-order valence-corrected chi connectivity index (χ4v) is 3.24. The van der Waals surface area contributed by atoms with Crippen LogP contribution in [0.3, 0.4) is 0 Å². The molecule has 2 aromatic rings. The molecular weight excluding hydrogens is 352 g/mol. The summed E-state index contributed by atoms with van der Waals surface area (Å²) in [4.78, 5) is 37.9. The molecule has 0 aliphatic carbocycles. The molecule has 1 heterocycles. The summed E-state index contributed by atoms with van der Waals surface area (Å²) in [7, 11) is 0. The summed E-state index contributed by atoms with van der Waals surface area (Å²) in [6.45, 7) is 5.51. The molecule has 1 aromatic heterocycles. The molecule has 7 heteroatoms. The van der Waals surface area contributed by atoms with Crippen LogP contribution in [0.1, 0.15) is 56.4 Å². The van der Waals surface area contributed by atoms with Gasteiger partial charge in [0.2, 0.25) is 0 Å². The smallest absolute Gasteiger partial charge is 0.345 e. The molecule has 0 saturated heterocycles. The average Bonchev–Trinajstić information content (AvgIpc) is 3.12. The quantitative estimate of drug-likeness (QED) is 0.732. The maximum Gasteiger partial charge on any atom is 0.345 e. The van der Waals surface area contributed by atoms with E-state index in [1.54, 1.807) is 24.3 Å². The molecule has 0 fully saturated rings. The van der Waals surface area contributed by atoms with E-state index in [1.807, 2.05) is 18.7 Å². The summed E-state index contributed by atoms with van der Waals surface area (Å²) in [5.74, 6) is -1.45. The third-order valence-electron chi connectivity index (χ3n) is 3.70. The van der Waals surface area contributed by atoms with Gasteiger partial charge in [0.25, 0.3) is 11.8 Å². The van der Waals surface area contributed by atoms with Crippen LogP contribution in [0.5, 0.6) is 0 Å². The van der Waals surface area contributed by atoms with Gasteiger partial charge in [-0.3, -0.25) is 9.59 Å². The van der Waals surface area contributed by atoms with Crippen molar-refractivity contribution in [2.24, 2.45) is 0 Å². The highest BCUT2D eigenvalue weighted by atomic mass is 32.1. The first-order valence-electron chi connectivity index (χ1n) is 8.50. The molecule has 1 aromatic carbocycles. The van der Waals surface area contributed by atoms with Crippen molar-refractivity contribution in [3.05, 3.63) is 51.7 Å². The Morgan fingerprint density at radius 1 is 0.962 bits per heavy atom. The Hall–Kier alpha value is -2.67. The monoisotopic (exact) mass is 374 g/mol. The molecule has 6 nitrogen and oxygen atoms in total. The van der Waals surface area contributed by atoms with Crippen LogP contribution in [-0.4, -0.2) is 40.9 Å². The first-order valence-corrected chi connectivity index (χ1v) is 9.31. The summed E-state index contributed by atoms with van der Waals surface area (Å²) in [5.41, 5.74) is 1.13. The average molecular weight is 374 g/mol. The van der Waals surface area contributed by atoms with Crippen molar-refractivity contribution in [2.75, 3.05) is 18.4 Å². The highest BCUT2D eigenvalue weighted by Crippen LogP contribution is 2.19. The number of benzene rings is 1. The minimum atomic E-state index is -1.05. The summed E-state index contributed by atoms with van der Waals surface area (Å²) < 4.78 is 0. The Bertz CT molecular complexity index is 777. The second kappa shape index (κ2) is 9.15. The molecule has 0 spiro atoms. The SMILES string of the molecule is CCCN(CCC)C(=O)c1ccc(NC(=O)c2ccc(C(=O)O)s2)cc1. The third-order valence-corrected chi connectivity index (χ3v) is 4.78. The Balaban J connectivity index is 2.05. The number of rotatable bonds is 8. The minimum Gasteiger partial charge on any atom is -0.477 e. The summed E-state index contributed by atoms with van der Waals surface area (Å²) in [6.07, 6.45) is 1.80. The van der Waals surface area contributed by atoms with Crippen LogP contribution >= 0.6 is 11.3 Å². The van der Waals surface area contributed by atoms with Crippen LogP contribution in [0.4, 0.5) is 5.69 Å². The predicted molar refractivity (Wildman–Crippen MR) is 102 cm³/mol. The van der Waals surface area contributed by atoms with Gasteiger partial charge in [0.05, 0.1) is 4.88 Å². The lowest BCUT2D eigenvalue weighted by molar-refractivity contribution is 0.0700. The number of nitrogens with one attached hydrogen (secondary N) is 1. The van der Waals surface area contributed by atoms with E-state index in [0.717, 1.165) is 37.3 Å². The van der Waals surface area contributed by atoms with E-state index < -0.39 is 5.97 Å². The van der Waals surface area contributed by atoms with Crippen LogP contribution in [0.15, 0.2) is 36.4 Å². The fourth-order valence-electron chi connectivity index (χ4n) is 2.50. The van der Waals surface area contributed by atoms with Gasteiger partial charge >= 0.3 is 5.97 Å². The number of carboxylic acids is 1. The molecule has 0 aliphatic rings. The summed E-state index contributed by atoms with van der Waals surface area (Å²) in [6, 6.07) is 9.61. The molecule has 2 amide bonds. The van der Waals surface area contributed by atoms with Gasteiger partial charge in [0, 0.05) is 24.3 Å². The number of hydrogen-bond acceptors (Lipinski definition) is 4. The van der Waals surface area contributed by atoms with Crippen LogP contribution < -0.4 is 5.32 Å². The van der Waals surface area contributed by atoms with Crippen LogP contribution in [-0.2, 0) is 0 Å². The van der Waals surface area contributed by atoms with Gasteiger partial charge in [-0.05, 0) is 49.2 Å². The number of amides is 2. The van der Waals surface area contributed by atoms with Gasteiger partial charge in [-0.2, -0.15) is 0 Å². The predicted octanol–water partition coefficient (Wildman–Crippen LogP) is 3.96. The maximum atomic E-state index is 12.5. The molecule has 0 aliphatic heterocycles. The van der Waals surface area contributed by atoms with Crippen molar-refractivity contribution < 1.29 is 19.5 Å². The number of carbonyl (C=O) groups excluding carboxylic acids is 2. The van der Waals surface area contributed by atoms with E-state index in [1.165, 1.54) is 12.1 Å². The second-order valence-electron chi connectivity index (χ2n) is 5.79. The first kappa shape index (κ1) is 19.7. The molecule has 2 rings (SSSR count). The lowest BCUT2D eigenvalue weighted by Gasteiger charge is -2.21. The molecule has 0 atom stereocenters. The molecule has 0 unspecified atom stereocenters. The number of aromatic carboxylic acids is 1. The van der Waals surface area contributed by atoms with E-state index in [4.69, 9.17) is 5.11 Å². The number of thiophene rings is 1. The fraction of sp³-hybridized carbons (Fsp3) is 0.316. The normalized spacial score (nSPS) is 10.4. The molecular formula is C19H22N2O4S. The Morgan fingerprint density at radius 3 is 2.04 bits per heavy atom. The third kappa shape index (κ3) is 4.92. The summed E-state index contributed by atoms with van der Waals surface area (Å²) in [5, 5.41) is 11.6. The Morgan fingerprint density at radius 2 is 1.54 bits per heavy atom. The molecule has 26 heavy (non-hydrogen) atoms. The maximum absolute atomic E-state index is 12.5. The summed E-state index contributed by atoms with van der Waals surface area (Å²) >= 11 is 0.919. The van der Waals surface area contributed by atoms with Crippen LogP contribution in [0.25, 0.3) is 0 Å². The molecule has 0 bridgehead atoms. The Kier molecular flexibility index (Phi) is 6.91. The van der Waals surface area contributed by atoms with E-state index >= 15 is 0 Å². The van der Waals surface area contributed by atoms with E-state index in [-0.39, 0.29) is 16.7 Å². The Labute approximate surface area is 156 Å². The zero-order valence-electron chi connectivity index (χ0n) is 14.8. The molecule has 2 N–H and O–H groups in total. The first-order chi connectivity index (χ1) is 12.5. The number of nitrogens with zero attached hydrogens (tertiary/aromatic N) is 1. The van der Waals surface area contributed by atoms with Crippen molar-refractivity contribution in [1.29, 1.82) is 0 Å². The van der Waals surface area contributed by atoms with Crippen LogP contribution in [0, 0.1) is 0 Å². The number of carbonyl (C=O) groups is 3. The standard InChI is InChI=1S/C19H22N2O4S/c1-3-11-21(12-4-2)18(23)13-5-7-14(8-6-13)20-17(22)15-9-10-16(26-15)19(24)25/h5-10H,3-4,11-12H2,1-2H3,(H,20,22)(H,24,25). The van der Waals surface area contributed by atoms with Gasteiger partial charge in [0.1, 0.15) is 4.88 Å². The van der Waals surface area contributed by atoms with E-state index in [9.17, 15) is 14.4 Å². The lowest BCUT2D eigenvalue weighted by atomic mass is 10.1. The number of anilines is 1. The van der Waals surface area contributed by atoms with Crippen molar-refractivity contribution in [1.82, 2.24) is 4.90 Å². The van der Waals surface area contributed by atoms with Crippen molar-refractivity contribution >= 4 is 34.8 Å². The highest BCUT2D eigenvalue weighted by Gasteiger charge is 2.15. The minimum absolute atomic E-state index is 0.0177. The van der Waals surface area contributed by atoms with Crippen LogP contribution in [0.2, 0.25) is 0 Å². The number of hydrogen-bond donors (Lipinski definition) is 2. The molecule has 0 radical (unpaired) electrons. The van der Waals surface area contributed by atoms with Crippen molar-refractivity contribution in [3.8, 4) is 0 Å². The zero-order valence-corrected chi connectivity index (χ0v) is 15.6. The van der Waals surface area contributed by atoms with Crippen molar-refractivity contribution in [2.45, 2.75) is 26.7 Å².